The first kappa shape index (κ1) is 17.3. The Morgan fingerprint density at radius 3 is 2.69 bits per heavy atom. The second-order valence-electron chi connectivity index (χ2n) is 5.72. The Hall–Kier alpha value is -3.55. The van der Waals surface area contributed by atoms with Crippen molar-refractivity contribution in [1.29, 1.82) is 0 Å². The molecule has 8 nitrogen and oxygen atoms in total. The largest absolute Gasteiger partial charge is 0.352 e. The van der Waals surface area contributed by atoms with E-state index in [9.17, 15) is 14.4 Å². The predicted molar refractivity (Wildman–Crippen MR) is 95.5 cm³/mol. The van der Waals surface area contributed by atoms with Gasteiger partial charge in [-0.2, -0.15) is 0 Å². The molecule has 8 heteroatoms. The minimum Gasteiger partial charge on any atom is -0.352 e. The molecule has 3 aromatic rings. The van der Waals surface area contributed by atoms with E-state index in [2.05, 4.69) is 20.4 Å². The van der Waals surface area contributed by atoms with E-state index >= 15 is 0 Å². The molecule has 2 heterocycles. The fourth-order valence-electron chi connectivity index (χ4n) is 2.34. The quantitative estimate of drug-likeness (QED) is 0.699. The Labute approximate surface area is 148 Å². The van der Waals surface area contributed by atoms with Crippen LogP contribution in [0.15, 0.2) is 58.4 Å². The highest BCUT2D eigenvalue weighted by Gasteiger charge is 2.08. The van der Waals surface area contributed by atoms with E-state index in [1.54, 1.807) is 30.6 Å². The summed E-state index contributed by atoms with van der Waals surface area (Å²) in [5.41, 5.74) is 0.964. The summed E-state index contributed by atoms with van der Waals surface area (Å²) in [6.45, 7) is 2.29. The van der Waals surface area contributed by atoms with E-state index < -0.39 is 11.1 Å². The molecule has 0 saturated carbocycles. The average molecular weight is 351 g/mol. The number of carbonyl (C=O) groups excluding carboxylic acids is 1. The number of nitrogens with one attached hydrogen (secondary N) is 2. The van der Waals surface area contributed by atoms with Crippen molar-refractivity contribution in [2.75, 3.05) is 6.54 Å². The third kappa shape index (κ3) is 4.10. The number of rotatable bonds is 5. The lowest BCUT2D eigenvalue weighted by molar-refractivity contribution is 0.0954. The van der Waals surface area contributed by atoms with Gasteiger partial charge in [0.05, 0.1) is 5.69 Å². The van der Waals surface area contributed by atoms with E-state index in [1.807, 2.05) is 6.92 Å². The Morgan fingerprint density at radius 2 is 1.92 bits per heavy atom. The van der Waals surface area contributed by atoms with Crippen molar-refractivity contribution >= 4 is 5.91 Å². The zero-order valence-corrected chi connectivity index (χ0v) is 14.1. The Bertz CT molecular complexity index is 1040. The van der Waals surface area contributed by atoms with Gasteiger partial charge >= 0.3 is 0 Å². The molecule has 3 rings (SSSR count). The summed E-state index contributed by atoms with van der Waals surface area (Å²) in [6, 6.07) is 8.78. The van der Waals surface area contributed by atoms with Gasteiger partial charge in [0.15, 0.2) is 0 Å². The predicted octanol–water partition coefficient (Wildman–Crippen LogP) is 0.597. The van der Waals surface area contributed by atoms with E-state index in [1.165, 1.54) is 12.1 Å². The summed E-state index contributed by atoms with van der Waals surface area (Å²) in [4.78, 5) is 44.0. The molecule has 0 saturated heterocycles. The molecule has 1 amide bonds. The molecule has 0 aliphatic rings. The highest BCUT2D eigenvalue weighted by molar-refractivity contribution is 5.94. The molecule has 2 aromatic heterocycles. The number of aromatic amines is 1. The molecular formula is C18H17N5O3. The van der Waals surface area contributed by atoms with Crippen LogP contribution in [-0.2, 0) is 6.42 Å². The van der Waals surface area contributed by atoms with Crippen molar-refractivity contribution in [2.45, 2.75) is 13.3 Å². The van der Waals surface area contributed by atoms with Crippen molar-refractivity contribution in [2.24, 2.45) is 0 Å². The lowest BCUT2D eigenvalue weighted by Gasteiger charge is -2.08. The van der Waals surface area contributed by atoms with Crippen LogP contribution < -0.4 is 16.4 Å². The van der Waals surface area contributed by atoms with Gasteiger partial charge < -0.3 is 5.32 Å². The van der Waals surface area contributed by atoms with Gasteiger partial charge in [-0.3, -0.25) is 19.5 Å². The van der Waals surface area contributed by atoms with Crippen LogP contribution in [0.3, 0.4) is 0 Å². The topological polar surface area (TPSA) is 110 Å². The summed E-state index contributed by atoms with van der Waals surface area (Å²) < 4.78 is 1.10. The summed E-state index contributed by atoms with van der Waals surface area (Å²) in [5.74, 6) is 0.364. The second-order valence-corrected chi connectivity index (χ2v) is 5.72. The first-order valence-electron chi connectivity index (χ1n) is 8.01. The lowest BCUT2D eigenvalue weighted by Crippen LogP contribution is -2.28. The number of aromatic nitrogens is 4. The van der Waals surface area contributed by atoms with Gasteiger partial charge in [-0.05, 0) is 30.7 Å². The van der Waals surface area contributed by atoms with E-state index in [0.29, 0.717) is 30.0 Å². The molecule has 0 unspecified atom stereocenters. The number of hydrogen-bond donors (Lipinski definition) is 2. The fraction of sp³-hybridized carbons (Fsp3) is 0.167. The molecule has 0 atom stereocenters. The molecule has 0 fully saturated rings. The second kappa shape index (κ2) is 7.56. The molecule has 0 radical (unpaired) electrons. The number of hydrogen-bond acceptors (Lipinski definition) is 5. The molecule has 1 aromatic carbocycles. The highest BCUT2D eigenvalue weighted by atomic mass is 16.2. The van der Waals surface area contributed by atoms with Gasteiger partial charge in [0.25, 0.3) is 17.0 Å². The Kier molecular flexibility index (Phi) is 5.02. The highest BCUT2D eigenvalue weighted by Crippen LogP contribution is 2.07. The zero-order chi connectivity index (χ0) is 18.5. The SMILES string of the molecule is Cc1cnc(CCNC(=O)c2cccc(-n3[nH]c(=O)ccc3=O)c2)nc1. The van der Waals surface area contributed by atoms with E-state index in [-0.39, 0.29) is 5.91 Å². The maximum atomic E-state index is 12.3. The molecule has 26 heavy (non-hydrogen) atoms. The molecule has 2 N–H and O–H groups in total. The van der Waals surface area contributed by atoms with Gasteiger partial charge in [-0.25, -0.2) is 14.6 Å². The molecule has 0 bridgehead atoms. The average Bonchev–Trinajstić information content (AvgIpc) is 2.65. The summed E-state index contributed by atoms with van der Waals surface area (Å²) >= 11 is 0. The number of aryl methyl sites for hydroxylation is 1. The van der Waals surface area contributed by atoms with Crippen LogP contribution in [0.4, 0.5) is 0 Å². The molecule has 0 aliphatic heterocycles. The standard InChI is InChI=1S/C18H17N5O3/c1-12-10-20-15(21-11-12)7-8-19-18(26)13-3-2-4-14(9-13)23-17(25)6-5-16(24)22-23/h2-6,9-11H,7-8H2,1H3,(H,19,26)(H,22,24). The summed E-state index contributed by atoms with van der Waals surface area (Å²) in [6.07, 6.45) is 3.97. The van der Waals surface area contributed by atoms with Crippen LogP contribution in [0.2, 0.25) is 0 Å². The number of benzene rings is 1. The van der Waals surface area contributed by atoms with Gasteiger partial charge in [-0.1, -0.05) is 6.07 Å². The number of H-pyrrole nitrogens is 1. The maximum absolute atomic E-state index is 12.3. The van der Waals surface area contributed by atoms with E-state index in [4.69, 9.17) is 0 Å². The molecular weight excluding hydrogens is 334 g/mol. The van der Waals surface area contributed by atoms with Gasteiger partial charge in [0.1, 0.15) is 5.82 Å². The van der Waals surface area contributed by atoms with Crippen LogP contribution >= 0.6 is 0 Å². The number of nitrogens with zero attached hydrogens (tertiary/aromatic N) is 3. The molecule has 132 valence electrons. The zero-order valence-electron chi connectivity index (χ0n) is 14.1. The number of amides is 1. The van der Waals surface area contributed by atoms with Crippen LogP contribution in [0.25, 0.3) is 5.69 Å². The normalized spacial score (nSPS) is 10.5. The Morgan fingerprint density at radius 1 is 1.15 bits per heavy atom. The maximum Gasteiger partial charge on any atom is 0.269 e. The van der Waals surface area contributed by atoms with Gasteiger partial charge in [-0.15, -0.1) is 0 Å². The summed E-state index contributed by atoms with van der Waals surface area (Å²) in [7, 11) is 0. The molecule has 0 aliphatic carbocycles. The van der Waals surface area contributed by atoms with Crippen molar-refractivity contribution in [3.63, 3.8) is 0 Å². The summed E-state index contributed by atoms with van der Waals surface area (Å²) in [5, 5.41) is 5.22. The lowest BCUT2D eigenvalue weighted by atomic mass is 10.2. The van der Waals surface area contributed by atoms with E-state index in [0.717, 1.165) is 16.3 Å². The van der Waals surface area contributed by atoms with Crippen LogP contribution in [-0.4, -0.2) is 32.2 Å². The molecule has 0 spiro atoms. The number of carbonyl (C=O) groups is 1. The van der Waals surface area contributed by atoms with Crippen LogP contribution in [0, 0.1) is 6.92 Å². The van der Waals surface area contributed by atoms with Crippen LogP contribution in [0.5, 0.6) is 0 Å². The van der Waals surface area contributed by atoms with Gasteiger partial charge in [0, 0.05) is 43.1 Å². The van der Waals surface area contributed by atoms with Crippen molar-refractivity contribution in [1.82, 2.24) is 25.1 Å². The minimum absolute atomic E-state index is 0.287. The van der Waals surface area contributed by atoms with Crippen LogP contribution in [0.1, 0.15) is 21.7 Å². The Balaban J connectivity index is 1.70. The first-order chi connectivity index (χ1) is 12.5. The smallest absolute Gasteiger partial charge is 0.269 e. The minimum atomic E-state index is -0.405. The third-order valence-corrected chi connectivity index (χ3v) is 3.65. The van der Waals surface area contributed by atoms with Crippen molar-refractivity contribution in [3.05, 3.63) is 86.5 Å². The fourth-order valence-corrected chi connectivity index (χ4v) is 2.34. The van der Waals surface area contributed by atoms with Crippen molar-refractivity contribution < 1.29 is 4.79 Å². The van der Waals surface area contributed by atoms with Gasteiger partial charge in [0.2, 0.25) is 0 Å². The first-order valence-corrected chi connectivity index (χ1v) is 8.01. The van der Waals surface area contributed by atoms with Crippen molar-refractivity contribution in [3.8, 4) is 5.69 Å². The monoisotopic (exact) mass is 351 g/mol. The third-order valence-electron chi connectivity index (χ3n) is 3.65.